The molecule has 34 heavy (non-hydrogen) atoms. The van der Waals surface area contributed by atoms with Crippen molar-refractivity contribution in [2.45, 2.75) is 56.7 Å². The standard InChI is InChI=1S/C25H26N6OS2/c1-14(2)15-5-7-16(8-6-15)20-17(13-27)22(28)31(23-29-30-24(34-23)33-10-9-26)18-11-25(3,4)12-19(32)21(18)20/h5-8,14,20H,10-12,28H2,1-4H3. The third-order valence-corrected chi connectivity index (χ3v) is 8.07. The van der Waals surface area contributed by atoms with Crippen molar-refractivity contribution in [1.82, 2.24) is 10.2 Å². The molecule has 9 heteroatoms. The fraction of sp³-hybridized carbons (Fsp3) is 0.400. The van der Waals surface area contributed by atoms with Crippen LogP contribution in [0.3, 0.4) is 0 Å². The molecule has 0 saturated carbocycles. The summed E-state index contributed by atoms with van der Waals surface area (Å²) in [6, 6.07) is 12.5. The summed E-state index contributed by atoms with van der Waals surface area (Å²) in [5.41, 5.74) is 10.2. The van der Waals surface area contributed by atoms with E-state index in [9.17, 15) is 10.1 Å². The Hall–Kier alpha value is -3.14. The number of carbonyl (C=O) groups excluding carboxylic acids is 1. The van der Waals surface area contributed by atoms with Crippen LogP contribution in [0, 0.1) is 28.1 Å². The summed E-state index contributed by atoms with van der Waals surface area (Å²) in [4.78, 5) is 15.3. The molecular formula is C25H26N6OS2. The van der Waals surface area contributed by atoms with Crippen molar-refractivity contribution in [1.29, 1.82) is 10.5 Å². The number of aromatic nitrogens is 2. The molecule has 0 radical (unpaired) electrons. The fourth-order valence-electron chi connectivity index (χ4n) is 4.58. The number of ketones is 1. The van der Waals surface area contributed by atoms with Crippen molar-refractivity contribution in [3.63, 3.8) is 0 Å². The first kappa shape index (κ1) is 24.0. The minimum Gasteiger partial charge on any atom is -0.384 e. The quantitative estimate of drug-likeness (QED) is 0.567. The van der Waals surface area contributed by atoms with E-state index in [0.717, 1.165) is 11.3 Å². The predicted molar refractivity (Wildman–Crippen MR) is 134 cm³/mol. The molecule has 1 aliphatic carbocycles. The normalized spacial score (nSPS) is 19.8. The third kappa shape index (κ3) is 4.34. The average molecular weight is 491 g/mol. The first-order valence-electron chi connectivity index (χ1n) is 11.1. The minimum atomic E-state index is -0.513. The van der Waals surface area contributed by atoms with Crippen LogP contribution in [0.15, 0.2) is 51.3 Å². The van der Waals surface area contributed by atoms with Crippen LogP contribution >= 0.6 is 23.1 Å². The third-order valence-electron chi connectivity index (χ3n) is 6.16. The number of Topliss-reactive ketones (excluding diaryl/α,β-unsaturated/α-hetero) is 1. The summed E-state index contributed by atoms with van der Waals surface area (Å²) in [7, 11) is 0. The molecule has 174 valence electrons. The number of nitriles is 2. The molecule has 2 N–H and O–H groups in total. The number of nitrogens with zero attached hydrogens (tertiary/aromatic N) is 5. The van der Waals surface area contributed by atoms with Crippen LogP contribution in [0.1, 0.15) is 63.5 Å². The predicted octanol–water partition coefficient (Wildman–Crippen LogP) is 5.22. The van der Waals surface area contributed by atoms with Crippen molar-refractivity contribution in [2.75, 3.05) is 10.7 Å². The number of nitrogens with two attached hydrogens (primary N) is 1. The molecule has 2 aromatic rings. The lowest BCUT2D eigenvalue weighted by molar-refractivity contribution is -0.118. The van der Waals surface area contributed by atoms with Gasteiger partial charge in [-0.2, -0.15) is 10.5 Å². The van der Waals surface area contributed by atoms with Crippen molar-refractivity contribution in [3.05, 3.63) is 58.1 Å². The number of anilines is 1. The molecule has 0 saturated heterocycles. The summed E-state index contributed by atoms with van der Waals surface area (Å²) in [5.74, 6) is 0.429. The topological polar surface area (TPSA) is 120 Å². The maximum absolute atomic E-state index is 13.6. The molecule has 7 nitrogen and oxygen atoms in total. The van der Waals surface area contributed by atoms with Crippen LogP contribution in [-0.4, -0.2) is 21.7 Å². The van der Waals surface area contributed by atoms with Crippen molar-refractivity contribution < 1.29 is 4.79 Å². The average Bonchev–Trinajstić information content (AvgIpc) is 3.24. The highest BCUT2D eigenvalue weighted by Gasteiger charge is 2.45. The molecule has 1 aliphatic heterocycles. The molecule has 0 spiro atoms. The van der Waals surface area contributed by atoms with Crippen LogP contribution in [0.5, 0.6) is 0 Å². The van der Waals surface area contributed by atoms with Gasteiger partial charge in [-0.05, 0) is 28.9 Å². The van der Waals surface area contributed by atoms with Crippen LogP contribution in [-0.2, 0) is 4.79 Å². The zero-order valence-electron chi connectivity index (χ0n) is 19.6. The second-order valence-corrected chi connectivity index (χ2v) is 11.8. The number of carbonyl (C=O) groups is 1. The van der Waals surface area contributed by atoms with Gasteiger partial charge in [-0.25, -0.2) is 0 Å². The van der Waals surface area contributed by atoms with Gasteiger partial charge in [0.1, 0.15) is 5.82 Å². The van der Waals surface area contributed by atoms with Gasteiger partial charge in [0.25, 0.3) is 0 Å². The molecule has 4 rings (SSSR count). The molecule has 0 fully saturated rings. The molecule has 1 aromatic heterocycles. The molecule has 1 unspecified atom stereocenters. The lowest BCUT2D eigenvalue weighted by atomic mass is 9.68. The van der Waals surface area contributed by atoms with E-state index >= 15 is 0 Å². The van der Waals surface area contributed by atoms with E-state index in [4.69, 9.17) is 11.0 Å². The van der Waals surface area contributed by atoms with Crippen molar-refractivity contribution in [2.24, 2.45) is 11.1 Å². The lowest BCUT2D eigenvalue weighted by Gasteiger charge is -2.42. The lowest BCUT2D eigenvalue weighted by Crippen LogP contribution is -2.42. The van der Waals surface area contributed by atoms with Crippen LogP contribution < -0.4 is 10.6 Å². The maximum atomic E-state index is 13.6. The van der Waals surface area contributed by atoms with E-state index < -0.39 is 5.92 Å². The van der Waals surface area contributed by atoms with Gasteiger partial charge in [0.05, 0.1) is 29.4 Å². The van der Waals surface area contributed by atoms with E-state index in [-0.39, 0.29) is 22.8 Å². The Morgan fingerprint density at radius 2 is 1.94 bits per heavy atom. The monoisotopic (exact) mass is 490 g/mol. The maximum Gasteiger partial charge on any atom is 0.219 e. The summed E-state index contributed by atoms with van der Waals surface area (Å²) in [6.45, 7) is 8.38. The van der Waals surface area contributed by atoms with E-state index in [1.807, 2.05) is 12.1 Å². The van der Waals surface area contributed by atoms with Gasteiger partial charge >= 0.3 is 0 Å². The van der Waals surface area contributed by atoms with Gasteiger partial charge < -0.3 is 5.73 Å². The number of rotatable bonds is 5. The number of allylic oxidation sites excluding steroid dienone is 3. The number of thioether (sulfide) groups is 1. The Labute approximate surface area is 208 Å². The zero-order valence-corrected chi connectivity index (χ0v) is 21.3. The fourth-order valence-corrected chi connectivity index (χ4v) is 6.12. The zero-order chi connectivity index (χ0) is 24.6. The van der Waals surface area contributed by atoms with Crippen molar-refractivity contribution >= 4 is 34.0 Å². The first-order chi connectivity index (χ1) is 16.2. The minimum absolute atomic E-state index is 0.0260. The Kier molecular flexibility index (Phi) is 6.53. The van der Waals surface area contributed by atoms with Gasteiger partial charge in [-0.3, -0.25) is 9.69 Å². The van der Waals surface area contributed by atoms with E-state index in [2.05, 4.69) is 62.2 Å². The molecule has 0 bridgehead atoms. The Morgan fingerprint density at radius 3 is 2.56 bits per heavy atom. The van der Waals surface area contributed by atoms with E-state index in [1.165, 1.54) is 28.7 Å². The largest absolute Gasteiger partial charge is 0.384 e. The molecule has 0 amide bonds. The van der Waals surface area contributed by atoms with Gasteiger partial charge in [0.2, 0.25) is 5.13 Å². The van der Waals surface area contributed by atoms with Gasteiger partial charge in [-0.15, -0.1) is 10.2 Å². The Balaban J connectivity index is 1.89. The van der Waals surface area contributed by atoms with Gasteiger partial charge in [0.15, 0.2) is 10.1 Å². The second-order valence-electron chi connectivity index (χ2n) is 9.60. The Morgan fingerprint density at radius 1 is 1.24 bits per heavy atom. The summed E-state index contributed by atoms with van der Waals surface area (Å²) < 4.78 is 0.637. The molecule has 2 heterocycles. The summed E-state index contributed by atoms with van der Waals surface area (Å²) in [5, 5.41) is 28.0. The van der Waals surface area contributed by atoms with Crippen LogP contribution in [0.4, 0.5) is 5.13 Å². The second kappa shape index (κ2) is 9.25. The van der Waals surface area contributed by atoms with Gasteiger partial charge in [0, 0.05) is 17.7 Å². The summed E-state index contributed by atoms with van der Waals surface area (Å²) >= 11 is 2.60. The molecule has 1 aromatic carbocycles. The number of hydrogen-bond donors (Lipinski definition) is 1. The van der Waals surface area contributed by atoms with E-state index in [1.54, 1.807) is 4.90 Å². The highest BCUT2D eigenvalue weighted by Crippen LogP contribution is 2.50. The first-order valence-corrected chi connectivity index (χ1v) is 12.9. The van der Waals surface area contributed by atoms with Crippen molar-refractivity contribution in [3.8, 4) is 12.1 Å². The molecular weight excluding hydrogens is 464 g/mol. The molecule has 1 atom stereocenters. The smallest absolute Gasteiger partial charge is 0.219 e. The molecule has 2 aliphatic rings. The Bertz CT molecular complexity index is 1270. The summed E-state index contributed by atoms with van der Waals surface area (Å²) in [6.07, 6.45) is 1.02. The van der Waals surface area contributed by atoms with Crippen LogP contribution in [0.2, 0.25) is 0 Å². The van der Waals surface area contributed by atoms with Crippen LogP contribution in [0.25, 0.3) is 0 Å². The number of hydrogen-bond acceptors (Lipinski definition) is 9. The van der Waals surface area contributed by atoms with E-state index in [0.29, 0.717) is 39.4 Å². The number of benzene rings is 1. The SMILES string of the molecule is CC(C)c1ccc(C2C(C#N)=C(N)N(c3nnc(SCC#N)s3)C3=C2C(=O)CC(C)(C)C3)cc1. The highest BCUT2D eigenvalue weighted by atomic mass is 32.2. The highest BCUT2D eigenvalue weighted by molar-refractivity contribution is 8.01. The van der Waals surface area contributed by atoms with Gasteiger partial charge in [-0.1, -0.05) is 75.1 Å².